The SMILES string of the molecule is CCCCCC(C=CC12CC(OC3CCCCO3)CC1CC(O)O2)OC1CCCCO1. The van der Waals surface area contributed by atoms with Crippen LogP contribution in [0.15, 0.2) is 12.2 Å². The molecule has 3 saturated heterocycles. The van der Waals surface area contributed by atoms with E-state index in [0.29, 0.717) is 6.42 Å². The van der Waals surface area contributed by atoms with E-state index in [-0.39, 0.29) is 30.7 Å². The summed E-state index contributed by atoms with van der Waals surface area (Å²) < 4.78 is 30.4. The van der Waals surface area contributed by atoms with Gasteiger partial charge in [0.1, 0.15) is 0 Å². The average Bonchev–Trinajstić information content (AvgIpc) is 3.25. The quantitative estimate of drug-likeness (QED) is 0.389. The molecule has 0 aromatic rings. The Kier molecular flexibility index (Phi) is 8.83. The van der Waals surface area contributed by atoms with E-state index in [0.717, 1.165) is 64.6 Å². The lowest BCUT2D eigenvalue weighted by atomic mass is 9.89. The molecular weight excluding hydrogens is 396 g/mol. The van der Waals surface area contributed by atoms with Crippen LogP contribution in [0.5, 0.6) is 0 Å². The predicted octanol–water partition coefficient (Wildman–Crippen LogP) is 4.83. The molecule has 6 heteroatoms. The molecule has 7 atom stereocenters. The van der Waals surface area contributed by atoms with Gasteiger partial charge in [-0.3, -0.25) is 0 Å². The Balaban J connectivity index is 1.39. The third-order valence-corrected chi connectivity index (χ3v) is 7.26. The smallest absolute Gasteiger partial charge is 0.158 e. The number of hydrogen-bond donors (Lipinski definition) is 1. The fourth-order valence-electron chi connectivity index (χ4n) is 5.58. The Hall–Kier alpha value is -0.500. The molecule has 4 aliphatic rings. The van der Waals surface area contributed by atoms with Gasteiger partial charge in [0.05, 0.1) is 17.8 Å². The molecule has 1 aliphatic carbocycles. The van der Waals surface area contributed by atoms with Gasteiger partial charge in [-0.05, 0) is 57.3 Å². The van der Waals surface area contributed by atoms with Crippen molar-refractivity contribution in [1.29, 1.82) is 0 Å². The highest BCUT2D eigenvalue weighted by atomic mass is 16.7. The van der Waals surface area contributed by atoms with Gasteiger partial charge in [-0.2, -0.15) is 0 Å². The molecule has 6 nitrogen and oxygen atoms in total. The maximum atomic E-state index is 10.2. The second-order valence-corrected chi connectivity index (χ2v) is 9.78. The van der Waals surface area contributed by atoms with Crippen LogP contribution in [0.3, 0.4) is 0 Å². The van der Waals surface area contributed by atoms with E-state index in [2.05, 4.69) is 19.1 Å². The Morgan fingerprint density at radius 2 is 1.81 bits per heavy atom. The molecule has 0 spiro atoms. The maximum absolute atomic E-state index is 10.2. The zero-order valence-corrected chi connectivity index (χ0v) is 19.2. The topological polar surface area (TPSA) is 66.4 Å². The highest BCUT2D eigenvalue weighted by Gasteiger charge is 2.54. The van der Waals surface area contributed by atoms with Gasteiger partial charge in [-0.15, -0.1) is 0 Å². The summed E-state index contributed by atoms with van der Waals surface area (Å²) in [5.41, 5.74) is -0.460. The second-order valence-electron chi connectivity index (χ2n) is 9.78. The molecule has 1 saturated carbocycles. The first-order valence-corrected chi connectivity index (χ1v) is 12.8. The van der Waals surface area contributed by atoms with Crippen molar-refractivity contribution in [2.24, 2.45) is 5.92 Å². The zero-order valence-electron chi connectivity index (χ0n) is 19.2. The summed E-state index contributed by atoms with van der Waals surface area (Å²) in [4.78, 5) is 0. The van der Waals surface area contributed by atoms with Crippen LogP contribution in [0.4, 0.5) is 0 Å². The molecule has 3 heterocycles. The highest BCUT2D eigenvalue weighted by molar-refractivity contribution is 5.15. The number of hydrogen-bond acceptors (Lipinski definition) is 6. The first-order chi connectivity index (χ1) is 15.2. The molecule has 0 radical (unpaired) electrons. The van der Waals surface area contributed by atoms with Crippen molar-refractivity contribution >= 4 is 0 Å². The lowest BCUT2D eigenvalue weighted by molar-refractivity contribution is -0.194. The summed E-state index contributed by atoms with van der Waals surface area (Å²) in [5.74, 6) is 0.273. The number of aliphatic hydroxyl groups is 1. The fourth-order valence-corrected chi connectivity index (χ4v) is 5.58. The standard InChI is InChI=1S/C25H42O6/c1-2-3-4-9-20(29-23-10-5-7-14-27-23)12-13-25-18-21(16-19(25)17-22(26)31-25)30-24-11-6-8-15-28-24/h12-13,19-24,26H,2-11,14-18H2,1H3. The lowest BCUT2D eigenvalue weighted by Crippen LogP contribution is -2.33. The van der Waals surface area contributed by atoms with Crippen molar-refractivity contribution < 1.29 is 28.8 Å². The normalized spacial score (nSPS) is 39.7. The summed E-state index contributed by atoms with van der Waals surface area (Å²) in [6, 6.07) is 0. The van der Waals surface area contributed by atoms with E-state index >= 15 is 0 Å². The van der Waals surface area contributed by atoms with E-state index in [1.54, 1.807) is 0 Å². The van der Waals surface area contributed by atoms with Crippen molar-refractivity contribution in [3.8, 4) is 0 Å². The van der Waals surface area contributed by atoms with Gasteiger partial charge in [-0.25, -0.2) is 0 Å². The zero-order chi connectivity index (χ0) is 21.5. The Morgan fingerprint density at radius 3 is 2.52 bits per heavy atom. The van der Waals surface area contributed by atoms with Crippen LogP contribution in [0.25, 0.3) is 0 Å². The molecule has 4 fully saturated rings. The van der Waals surface area contributed by atoms with Crippen LogP contribution in [0, 0.1) is 5.92 Å². The van der Waals surface area contributed by atoms with Crippen molar-refractivity contribution in [2.45, 2.75) is 127 Å². The lowest BCUT2D eigenvalue weighted by Gasteiger charge is -2.29. The van der Waals surface area contributed by atoms with Crippen molar-refractivity contribution in [2.75, 3.05) is 13.2 Å². The Bertz CT molecular complexity index is 556. The predicted molar refractivity (Wildman–Crippen MR) is 117 cm³/mol. The third kappa shape index (κ3) is 6.52. The molecule has 0 aromatic carbocycles. The van der Waals surface area contributed by atoms with E-state index in [4.69, 9.17) is 23.7 Å². The molecule has 7 unspecified atom stereocenters. The van der Waals surface area contributed by atoms with Crippen LogP contribution >= 0.6 is 0 Å². The van der Waals surface area contributed by atoms with Crippen molar-refractivity contribution in [3.63, 3.8) is 0 Å². The summed E-state index contributed by atoms with van der Waals surface area (Å²) in [5, 5.41) is 10.2. The molecule has 178 valence electrons. The van der Waals surface area contributed by atoms with Crippen LogP contribution in [-0.4, -0.2) is 55.0 Å². The van der Waals surface area contributed by atoms with Crippen LogP contribution in [0.2, 0.25) is 0 Å². The van der Waals surface area contributed by atoms with Gasteiger partial charge in [0.15, 0.2) is 18.9 Å². The number of unbranched alkanes of at least 4 members (excludes halogenated alkanes) is 2. The third-order valence-electron chi connectivity index (χ3n) is 7.26. The summed E-state index contributed by atoms with van der Waals surface area (Å²) >= 11 is 0. The Morgan fingerprint density at radius 1 is 1.03 bits per heavy atom. The van der Waals surface area contributed by atoms with Gasteiger partial charge < -0.3 is 28.8 Å². The van der Waals surface area contributed by atoms with Gasteiger partial charge in [-0.1, -0.05) is 38.3 Å². The molecule has 1 N–H and O–H groups in total. The van der Waals surface area contributed by atoms with Gasteiger partial charge in [0, 0.05) is 26.1 Å². The second kappa shape index (κ2) is 11.6. The fraction of sp³-hybridized carbons (Fsp3) is 0.920. The number of fused-ring (bicyclic) bond motifs is 1. The average molecular weight is 439 g/mol. The molecule has 0 bridgehead atoms. The summed E-state index contributed by atoms with van der Waals surface area (Å²) in [6.07, 6.45) is 17.0. The molecule has 0 aromatic heterocycles. The minimum absolute atomic E-state index is 0.0210. The minimum atomic E-state index is -0.692. The first kappa shape index (κ1) is 23.7. The van der Waals surface area contributed by atoms with Crippen molar-refractivity contribution in [3.05, 3.63) is 12.2 Å². The van der Waals surface area contributed by atoms with Gasteiger partial charge in [0.2, 0.25) is 0 Å². The minimum Gasteiger partial charge on any atom is -0.368 e. The monoisotopic (exact) mass is 438 g/mol. The number of ether oxygens (including phenoxy) is 5. The largest absolute Gasteiger partial charge is 0.368 e. The molecule has 4 rings (SSSR count). The summed E-state index contributed by atoms with van der Waals surface area (Å²) in [6.45, 7) is 3.81. The number of rotatable bonds is 10. The molecular formula is C25H42O6. The summed E-state index contributed by atoms with van der Waals surface area (Å²) in [7, 11) is 0. The van der Waals surface area contributed by atoms with E-state index in [1.807, 2.05) is 0 Å². The van der Waals surface area contributed by atoms with Crippen LogP contribution in [0.1, 0.15) is 90.4 Å². The highest BCUT2D eigenvalue weighted by Crippen LogP contribution is 2.50. The Labute approximate surface area is 187 Å². The molecule has 31 heavy (non-hydrogen) atoms. The first-order valence-electron chi connectivity index (χ1n) is 12.8. The van der Waals surface area contributed by atoms with E-state index in [1.165, 1.54) is 25.7 Å². The molecule has 3 aliphatic heterocycles. The van der Waals surface area contributed by atoms with Crippen LogP contribution in [-0.2, 0) is 23.7 Å². The molecule has 0 amide bonds. The van der Waals surface area contributed by atoms with Gasteiger partial charge in [0.25, 0.3) is 0 Å². The van der Waals surface area contributed by atoms with Gasteiger partial charge >= 0.3 is 0 Å². The van der Waals surface area contributed by atoms with Crippen LogP contribution < -0.4 is 0 Å². The van der Waals surface area contributed by atoms with Crippen molar-refractivity contribution in [1.82, 2.24) is 0 Å². The maximum Gasteiger partial charge on any atom is 0.158 e. The number of aliphatic hydroxyl groups excluding tert-OH is 1. The van der Waals surface area contributed by atoms with E-state index in [9.17, 15) is 5.11 Å². The van der Waals surface area contributed by atoms with E-state index < -0.39 is 11.9 Å².